The highest BCUT2D eigenvalue weighted by atomic mass is 16.2. The fraction of sp³-hybridized carbons (Fsp3) is 0.167. The summed E-state index contributed by atoms with van der Waals surface area (Å²) in [5.74, 6) is 5.16. The summed E-state index contributed by atoms with van der Waals surface area (Å²) < 4.78 is 0. The molecule has 0 radical (unpaired) electrons. The van der Waals surface area contributed by atoms with Gasteiger partial charge in [-0.3, -0.25) is 4.79 Å². The van der Waals surface area contributed by atoms with Crippen molar-refractivity contribution >= 4 is 11.6 Å². The lowest BCUT2D eigenvalue weighted by atomic mass is 10.1. The van der Waals surface area contributed by atoms with Crippen molar-refractivity contribution in [2.24, 2.45) is 0 Å². The van der Waals surface area contributed by atoms with E-state index in [4.69, 9.17) is 5.11 Å². The minimum Gasteiger partial charge on any atom is -0.384 e. The van der Waals surface area contributed by atoms with Crippen LogP contribution < -0.4 is 5.32 Å². The predicted molar refractivity (Wildman–Crippen MR) is 84.3 cm³/mol. The second-order valence-corrected chi connectivity index (χ2v) is 4.78. The molecule has 0 aliphatic heterocycles. The summed E-state index contributed by atoms with van der Waals surface area (Å²) in [4.78, 5) is 12.4. The number of aryl methyl sites for hydroxylation is 2. The van der Waals surface area contributed by atoms with Gasteiger partial charge >= 0.3 is 0 Å². The first-order valence-electron chi connectivity index (χ1n) is 6.69. The van der Waals surface area contributed by atoms with Crippen molar-refractivity contribution in [3.05, 3.63) is 64.7 Å². The van der Waals surface area contributed by atoms with Crippen molar-refractivity contribution in [3.63, 3.8) is 0 Å². The van der Waals surface area contributed by atoms with E-state index in [-0.39, 0.29) is 12.5 Å². The van der Waals surface area contributed by atoms with Crippen molar-refractivity contribution in [2.45, 2.75) is 13.8 Å². The number of hydrogen-bond acceptors (Lipinski definition) is 2. The normalized spacial score (nSPS) is 9.67. The first-order chi connectivity index (χ1) is 10.1. The molecule has 2 rings (SSSR count). The monoisotopic (exact) mass is 279 g/mol. The van der Waals surface area contributed by atoms with Gasteiger partial charge in [0.05, 0.1) is 5.56 Å². The Morgan fingerprint density at radius 3 is 2.71 bits per heavy atom. The van der Waals surface area contributed by atoms with Crippen LogP contribution in [-0.4, -0.2) is 17.6 Å². The van der Waals surface area contributed by atoms with E-state index >= 15 is 0 Å². The van der Waals surface area contributed by atoms with Crippen LogP contribution in [0.15, 0.2) is 42.5 Å². The molecule has 0 bridgehead atoms. The van der Waals surface area contributed by atoms with Crippen LogP contribution in [0.4, 0.5) is 5.69 Å². The number of nitrogens with one attached hydrogen (secondary N) is 1. The van der Waals surface area contributed by atoms with E-state index in [1.54, 1.807) is 18.2 Å². The SMILES string of the molecule is Cc1ccc(C)c(NC(=O)c2ccccc2C#CCO)c1. The lowest BCUT2D eigenvalue weighted by Crippen LogP contribution is -2.14. The Morgan fingerprint density at radius 1 is 1.19 bits per heavy atom. The number of benzene rings is 2. The van der Waals surface area contributed by atoms with Crippen LogP contribution >= 0.6 is 0 Å². The van der Waals surface area contributed by atoms with Gasteiger partial charge < -0.3 is 10.4 Å². The molecule has 3 heteroatoms. The molecule has 0 aromatic heterocycles. The maximum absolute atomic E-state index is 12.4. The molecule has 0 atom stereocenters. The maximum atomic E-state index is 12.4. The van der Waals surface area contributed by atoms with Crippen molar-refractivity contribution in [1.82, 2.24) is 0 Å². The van der Waals surface area contributed by atoms with E-state index in [2.05, 4.69) is 17.2 Å². The Morgan fingerprint density at radius 2 is 1.95 bits per heavy atom. The standard InChI is InChI=1S/C18H17NO2/c1-13-9-10-14(2)17(12-13)19-18(21)16-8-4-3-6-15(16)7-5-11-20/h3-4,6,8-10,12,20H,11H2,1-2H3,(H,19,21). The van der Waals surface area contributed by atoms with E-state index in [0.717, 1.165) is 16.8 Å². The third kappa shape index (κ3) is 3.71. The van der Waals surface area contributed by atoms with E-state index < -0.39 is 0 Å². The van der Waals surface area contributed by atoms with Crippen molar-refractivity contribution < 1.29 is 9.90 Å². The molecule has 1 amide bonds. The van der Waals surface area contributed by atoms with Gasteiger partial charge in [0.2, 0.25) is 0 Å². The third-order valence-corrected chi connectivity index (χ3v) is 3.12. The Bertz CT molecular complexity index is 723. The number of anilines is 1. The second kappa shape index (κ2) is 6.74. The molecule has 2 aromatic carbocycles. The summed E-state index contributed by atoms with van der Waals surface area (Å²) in [7, 11) is 0. The van der Waals surface area contributed by atoms with Gasteiger partial charge in [0.25, 0.3) is 5.91 Å². The van der Waals surface area contributed by atoms with Crippen LogP contribution in [0.2, 0.25) is 0 Å². The molecule has 0 aliphatic carbocycles. The average Bonchev–Trinajstić information content (AvgIpc) is 2.49. The first-order valence-corrected chi connectivity index (χ1v) is 6.69. The molecule has 0 fully saturated rings. The van der Waals surface area contributed by atoms with Gasteiger partial charge in [0.15, 0.2) is 0 Å². The molecule has 2 aromatic rings. The van der Waals surface area contributed by atoms with E-state index in [0.29, 0.717) is 11.1 Å². The van der Waals surface area contributed by atoms with Gasteiger partial charge in [-0.1, -0.05) is 36.1 Å². The van der Waals surface area contributed by atoms with Gasteiger partial charge in [-0.25, -0.2) is 0 Å². The molecule has 0 heterocycles. The summed E-state index contributed by atoms with van der Waals surface area (Å²) in [6.45, 7) is 3.70. The largest absolute Gasteiger partial charge is 0.384 e. The molecule has 0 saturated carbocycles. The quantitative estimate of drug-likeness (QED) is 0.830. The molecule has 0 spiro atoms. The summed E-state index contributed by atoms with van der Waals surface area (Å²) in [6.07, 6.45) is 0. The lowest BCUT2D eigenvalue weighted by Gasteiger charge is -2.10. The van der Waals surface area contributed by atoms with Gasteiger partial charge in [-0.2, -0.15) is 0 Å². The molecule has 21 heavy (non-hydrogen) atoms. The predicted octanol–water partition coefficient (Wildman–Crippen LogP) is 2.90. The summed E-state index contributed by atoms with van der Waals surface area (Å²) >= 11 is 0. The molecule has 0 saturated heterocycles. The van der Waals surface area contributed by atoms with Crippen molar-refractivity contribution in [3.8, 4) is 11.8 Å². The zero-order valence-electron chi connectivity index (χ0n) is 12.1. The molecular weight excluding hydrogens is 262 g/mol. The Labute approximate surface area is 124 Å². The van der Waals surface area contributed by atoms with Crippen LogP contribution in [-0.2, 0) is 0 Å². The highest BCUT2D eigenvalue weighted by Gasteiger charge is 2.11. The van der Waals surface area contributed by atoms with Crippen LogP contribution in [0, 0.1) is 25.7 Å². The van der Waals surface area contributed by atoms with Crippen LogP contribution in [0.5, 0.6) is 0 Å². The average molecular weight is 279 g/mol. The number of aliphatic hydroxyl groups is 1. The summed E-state index contributed by atoms with van der Waals surface area (Å²) in [5.41, 5.74) is 4.00. The summed E-state index contributed by atoms with van der Waals surface area (Å²) in [6, 6.07) is 13.0. The smallest absolute Gasteiger partial charge is 0.256 e. The number of carbonyl (C=O) groups is 1. The zero-order chi connectivity index (χ0) is 15.2. The number of aliphatic hydroxyl groups excluding tert-OH is 1. The Hall–Kier alpha value is -2.57. The van der Waals surface area contributed by atoms with Crippen LogP contribution in [0.3, 0.4) is 0 Å². The fourth-order valence-electron chi connectivity index (χ4n) is 1.99. The van der Waals surface area contributed by atoms with Gasteiger partial charge in [-0.05, 0) is 43.2 Å². The molecule has 3 nitrogen and oxygen atoms in total. The number of amides is 1. The lowest BCUT2D eigenvalue weighted by molar-refractivity contribution is 0.102. The van der Waals surface area contributed by atoms with E-state index in [1.807, 2.05) is 38.1 Å². The number of carbonyl (C=O) groups excluding carboxylic acids is 1. The molecule has 0 aliphatic rings. The topological polar surface area (TPSA) is 49.3 Å². The minimum absolute atomic E-state index is 0.202. The van der Waals surface area contributed by atoms with Crippen molar-refractivity contribution in [1.29, 1.82) is 0 Å². The number of hydrogen-bond donors (Lipinski definition) is 2. The van der Waals surface area contributed by atoms with E-state index in [9.17, 15) is 4.79 Å². The highest BCUT2D eigenvalue weighted by molar-refractivity contribution is 6.06. The van der Waals surface area contributed by atoms with Gasteiger partial charge in [0, 0.05) is 11.3 Å². The van der Waals surface area contributed by atoms with Gasteiger partial charge in [0.1, 0.15) is 6.61 Å². The molecular formula is C18H17NO2. The first kappa shape index (κ1) is 14.8. The zero-order valence-corrected chi connectivity index (χ0v) is 12.1. The van der Waals surface area contributed by atoms with Crippen molar-refractivity contribution in [2.75, 3.05) is 11.9 Å². The molecule has 2 N–H and O–H groups in total. The second-order valence-electron chi connectivity index (χ2n) is 4.78. The van der Waals surface area contributed by atoms with Crippen LogP contribution in [0.1, 0.15) is 27.0 Å². The van der Waals surface area contributed by atoms with Crippen LogP contribution in [0.25, 0.3) is 0 Å². The maximum Gasteiger partial charge on any atom is 0.256 e. The molecule has 106 valence electrons. The fourth-order valence-corrected chi connectivity index (χ4v) is 1.99. The minimum atomic E-state index is -0.229. The molecule has 0 unspecified atom stereocenters. The summed E-state index contributed by atoms with van der Waals surface area (Å²) in [5, 5.41) is 11.7. The Balaban J connectivity index is 2.31. The Kier molecular flexibility index (Phi) is 4.76. The number of rotatable bonds is 2. The van der Waals surface area contributed by atoms with Gasteiger partial charge in [-0.15, -0.1) is 0 Å². The third-order valence-electron chi connectivity index (χ3n) is 3.12. The van der Waals surface area contributed by atoms with E-state index in [1.165, 1.54) is 0 Å². The highest BCUT2D eigenvalue weighted by Crippen LogP contribution is 2.18.